The molecule has 4 aromatic carbocycles. The normalized spacial score (nSPS) is 15.4. The Morgan fingerprint density at radius 2 is 1.69 bits per heavy atom. The summed E-state index contributed by atoms with van der Waals surface area (Å²) in [6.45, 7) is 2.22. The second kappa shape index (κ2) is 8.28. The number of fused-ring (bicyclic) bond motifs is 3. The lowest BCUT2D eigenvalue weighted by Crippen LogP contribution is -2.24. The van der Waals surface area contributed by atoms with Gasteiger partial charge in [0.2, 0.25) is 0 Å². The average Bonchev–Trinajstić information content (AvgIpc) is 3.61. The van der Waals surface area contributed by atoms with Crippen molar-refractivity contribution in [3.63, 3.8) is 0 Å². The number of aromatic amines is 1. The molecule has 4 nitrogen and oxygen atoms in total. The number of rotatable bonds is 4. The van der Waals surface area contributed by atoms with E-state index in [9.17, 15) is 0 Å². The fourth-order valence-corrected chi connectivity index (χ4v) is 5.26. The highest BCUT2D eigenvalue weighted by Gasteiger charge is 2.30. The van der Waals surface area contributed by atoms with Crippen LogP contribution in [0.1, 0.15) is 23.6 Å². The number of oxazole rings is 1. The molecule has 7 rings (SSSR count). The Kier molecular flexibility index (Phi) is 4.78. The minimum Gasteiger partial charge on any atom is -0.423 e. The number of H-pyrrole nitrogens is 1. The number of benzene rings is 4. The molecule has 36 heavy (non-hydrogen) atoms. The molecule has 0 amide bonds. The van der Waals surface area contributed by atoms with E-state index in [2.05, 4.69) is 114 Å². The number of hydrogen-bond acceptors (Lipinski definition) is 3. The minimum atomic E-state index is 0.319. The summed E-state index contributed by atoms with van der Waals surface area (Å²) in [5.41, 5.74) is 10.0. The monoisotopic (exact) mass is 467 g/mol. The molecule has 1 aliphatic rings. The van der Waals surface area contributed by atoms with Crippen molar-refractivity contribution in [1.82, 2.24) is 9.97 Å². The largest absolute Gasteiger partial charge is 0.423 e. The Balaban J connectivity index is 1.15. The maximum absolute atomic E-state index is 6.19. The van der Waals surface area contributed by atoms with Gasteiger partial charge in [-0.1, -0.05) is 78.9 Å². The fraction of sp³-hybridized carbons (Fsp3) is 0.0938. The Labute approximate surface area is 209 Å². The molecule has 0 radical (unpaired) electrons. The maximum atomic E-state index is 6.19. The quantitative estimate of drug-likeness (QED) is 0.284. The number of nitrogens with one attached hydrogen (secondary N) is 1. The topological polar surface area (TPSA) is 45.1 Å². The van der Waals surface area contributed by atoms with E-state index in [1.807, 2.05) is 12.1 Å². The molecule has 174 valence electrons. The van der Waals surface area contributed by atoms with Crippen LogP contribution in [0.5, 0.6) is 0 Å². The fourth-order valence-electron chi connectivity index (χ4n) is 5.26. The van der Waals surface area contributed by atoms with Crippen LogP contribution in [0.4, 0.5) is 11.7 Å². The van der Waals surface area contributed by atoms with E-state index in [0.717, 1.165) is 39.7 Å². The number of nitrogens with zero attached hydrogens (tertiary/aromatic N) is 2. The molecular formula is C32H25N3O. The molecule has 0 saturated heterocycles. The summed E-state index contributed by atoms with van der Waals surface area (Å²) >= 11 is 0. The van der Waals surface area contributed by atoms with Crippen molar-refractivity contribution in [1.29, 1.82) is 0 Å². The third-order valence-electron chi connectivity index (χ3n) is 7.11. The second-order valence-corrected chi connectivity index (χ2v) is 9.48. The van der Waals surface area contributed by atoms with Crippen LogP contribution in [0, 0.1) is 0 Å². The van der Waals surface area contributed by atoms with Gasteiger partial charge in [0.1, 0.15) is 5.52 Å². The highest BCUT2D eigenvalue weighted by Crippen LogP contribution is 2.39. The molecule has 1 aliphatic heterocycles. The van der Waals surface area contributed by atoms with E-state index in [1.54, 1.807) is 0 Å². The number of para-hydroxylation sites is 2. The lowest BCUT2D eigenvalue weighted by molar-refractivity contribution is 0.573. The molecule has 2 aromatic heterocycles. The van der Waals surface area contributed by atoms with Crippen LogP contribution in [0.15, 0.2) is 102 Å². The average molecular weight is 468 g/mol. The first kappa shape index (κ1) is 20.8. The zero-order valence-electron chi connectivity index (χ0n) is 20.0. The van der Waals surface area contributed by atoms with Gasteiger partial charge in [-0.2, -0.15) is 4.98 Å². The van der Waals surface area contributed by atoms with Crippen molar-refractivity contribution in [2.75, 3.05) is 4.90 Å². The first-order valence-electron chi connectivity index (χ1n) is 12.4. The van der Waals surface area contributed by atoms with E-state index in [0.29, 0.717) is 12.1 Å². The van der Waals surface area contributed by atoms with Crippen molar-refractivity contribution in [2.45, 2.75) is 19.4 Å². The smallest absolute Gasteiger partial charge is 0.303 e. The van der Waals surface area contributed by atoms with Crippen molar-refractivity contribution >= 4 is 45.9 Å². The molecule has 0 fully saturated rings. The van der Waals surface area contributed by atoms with Gasteiger partial charge in [-0.3, -0.25) is 4.90 Å². The molecule has 0 bridgehead atoms. The van der Waals surface area contributed by atoms with Crippen LogP contribution >= 0.6 is 0 Å². The summed E-state index contributed by atoms with van der Waals surface area (Å²) in [5, 5.41) is 1.23. The summed E-state index contributed by atoms with van der Waals surface area (Å²) in [7, 11) is 0. The molecule has 0 spiro atoms. The Morgan fingerprint density at radius 1 is 0.889 bits per heavy atom. The number of hydrogen-bond donors (Lipinski definition) is 1. The van der Waals surface area contributed by atoms with Crippen LogP contribution in [0.25, 0.3) is 45.3 Å². The van der Waals surface area contributed by atoms with E-state index >= 15 is 0 Å². The standard InChI is InChI=1S/C32H25N3O/c1-21-18-25-6-2-5-9-30(25)35(21)32-34-29-19-24(16-17-31(29)36-32)23-13-10-22(11-14-23)12-15-26-20-33-28-8-4-3-7-27(26)28/h2-17,19-21,33H,18H2,1H3. The summed E-state index contributed by atoms with van der Waals surface area (Å²) in [5.74, 6) is 0. The van der Waals surface area contributed by atoms with E-state index < -0.39 is 0 Å². The third kappa shape index (κ3) is 3.50. The van der Waals surface area contributed by atoms with Crippen LogP contribution in [0.2, 0.25) is 0 Å². The zero-order valence-corrected chi connectivity index (χ0v) is 20.0. The van der Waals surface area contributed by atoms with Gasteiger partial charge in [-0.15, -0.1) is 0 Å². The van der Waals surface area contributed by atoms with Gasteiger partial charge < -0.3 is 9.40 Å². The summed E-state index contributed by atoms with van der Waals surface area (Å²) in [6, 6.07) is 32.7. The molecule has 1 N–H and O–H groups in total. The molecule has 6 aromatic rings. The maximum Gasteiger partial charge on any atom is 0.303 e. The van der Waals surface area contributed by atoms with E-state index in [4.69, 9.17) is 9.40 Å². The number of anilines is 2. The van der Waals surface area contributed by atoms with Crippen LogP contribution < -0.4 is 4.90 Å². The molecule has 0 saturated carbocycles. The first-order chi connectivity index (χ1) is 17.7. The molecule has 4 heteroatoms. The van der Waals surface area contributed by atoms with Gasteiger partial charge in [0.05, 0.1) is 0 Å². The predicted octanol–water partition coefficient (Wildman–Crippen LogP) is 8.23. The summed E-state index contributed by atoms with van der Waals surface area (Å²) in [6.07, 6.45) is 7.37. The Morgan fingerprint density at radius 3 is 2.61 bits per heavy atom. The molecule has 1 unspecified atom stereocenters. The lowest BCUT2D eigenvalue weighted by Gasteiger charge is -2.19. The van der Waals surface area contributed by atoms with Crippen molar-refractivity contribution in [3.05, 3.63) is 114 Å². The van der Waals surface area contributed by atoms with Crippen LogP contribution in [-0.2, 0) is 6.42 Å². The van der Waals surface area contributed by atoms with Crippen molar-refractivity contribution in [3.8, 4) is 11.1 Å². The highest BCUT2D eigenvalue weighted by molar-refractivity contribution is 5.91. The molecule has 1 atom stereocenters. The van der Waals surface area contributed by atoms with Gasteiger partial charge in [-0.25, -0.2) is 0 Å². The SMILES string of the molecule is CC1Cc2ccccc2N1c1nc2cc(-c3ccc(C=Cc4c[nH]c5ccccc45)cc3)ccc2o1. The zero-order chi connectivity index (χ0) is 24.1. The van der Waals surface area contributed by atoms with Gasteiger partial charge >= 0.3 is 6.01 Å². The van der Waals surface area contributed by atoms with Gasteiger partial charge in [0.25, 0.3) is 0 Å². The van der Waals surface area contributed by atoms with Gasteiger partial charge in [0, 0.05) is 28.8 Å². The van der Waals surface area contributed by atoms with Crippen LogP contribution in [-0.4, -0.2) is 16.0 Å². The lowest BCUT2D eigenvalue weighted by atomic mass is 10.0. The molecule has 3 heterocycles. The third-order valence-corrected chi connectivity index (χ3v) is 7.11. The Hall–Kier alpha value is -4.57. The van der Waals surface area contributed by atoms with Crippen molar-refractivity contribution in [2.24, 2.45) is 0 Å². The summed E-state index contributed by atoms with van der Waals surface area (Å²) in [4.78, 5) is 10.4. The highest BCUT2D eigenvalue weighted by atomic mass is 16.4. The Bertz CT molecular complexity index is 1740. The molecule has 0 aliphatic carbocycles. The summed E-state index contributed by atoms with van der Waals surface area (Å²) < 4.78 is 6.19. The minimum absolute atomic E-state index is 0.319. The second-order valence-electron chi connectivity index (χ2n) is 9.48. The van der Waals surface area contributed by atoms with Gasteiger partial charge in [0.15, 0.2) is 5.58 Å². The first-order valence-corrected chi connectivity index (χ1v) is 12.4. The molecular weight excluding hydrogens is 442 g/mol. The number of aromatic nitrogens is 2. The van der Waals surface area contributed by atoms with Gasteiger partial charge in [-0.05, 0) is 65.4 Å². The van der Waals surface area contributed by atoms with E-state index in [-0.39, 0.29) is 0 Å². The van der Waals surface area contributed by atoms with E-state index in [1.165, 1.54) is 22.2 Å². The van der Waals surface area contributed by atoms with Crippen LogP contribution in [0.3, 0.4) is 0 Å². The van der Waals surface area contributed by atoms with Crippen molar-refractivity contribution < 1.29 is 4.42 Å². The predicted molar refractivity (Wildman–Crippen MR) is 148 cm³/mol.